The molecular weight excluding hydrogens is 248 g/mol. The van der Waals surface area contributed by atoms with Gasteiger partial charge in [0.2, 0.25) is 0 Å². The largest absolute Gasteiger partial charge is 0.353 e. The first-order valence-electron chi connectivity index (χ1n) is 7.13. The lowest BCUT2D eigenvalue weighted by atomic mass is 10.1. The van der Waals surface area contributed by atoms with Crippen molar-refractivity contribution < 1.29 is 4.79 Å². The number of benzene rings is 1. The number of nitrogens with zero attached hydrogens (tertiary/aromatic N) is 2. The van der Waals surface area contributed by atoms with Crippen LogP contribution in [0.1, 0.15) is 34.5 Å². The van der Waals surface area contributed by atoms with Crippen LogP contribution in [0.2, 0.25) is 0 Å². The average molecular weight is 268 g/mol. The van der Waals surface area contributed by atoms with E-state index >= 15 is 0 Å². The Balaban J connectivity index is 1.84. The predicted molar refractivity (Wildman–Crippen MR) is 79.5 cm³/mol. The summed E-state index contributed by atoms with van der Waals surface area (Å²) in [6.07, 6.45) is 4.28. The Bertz CT molecular complexity index is 625. The molecule has 1 amide bonds. The Labute approximate surface area is 119 Å². The van der Waals surface area contributed by atoms with Gasteiger partial charge in [-0.05, 0) is 44.0 Å². The molecule has 0 radical (unpaired) electrons. The van der Waals surface area contributed by atoms with Crippen LogP contribution in [-0.2, 0) is 13.6 Å². The molecule has 3 heteroatoms. The van der Waals surface area contributed by atoms with E-state index in [0.29, 0.717) is 12.6 Å². The molecule has 0 atom stereocenters. The molecule has 20 heavy (non-hydrogen) atoms. The van der Waals surface area contributed by atoms with E-state index in [0.717, 1.165) is 24.0 Å². The lowest BCUT2D eigenvalue weighted by molar-refractivity contribution is 0.0726. The monoisotopic (exact) mass is 268 g/mol. The number of carbonyl (C=O) groups is 1. The van der Waals surface area contributed by atoms with Gasteiger partial charge in [0, 0.05) is 30.5 Å². The van der Waals surface area contributed by atoms with E-state index in [2.05, 4.69) is 10.6 Å². The molecule has 0 unspecified atom stereocenters. The van der Waals surface area contributed by atoms with Crippen molar-refractivity contribution in [2.75, 3.05) is 0 Å². The summed E-state index contributed by atoms with van der Waals surface area (Å²) in [6.45, 7) is 2.72. The minimum absolute atomic E-state index is 0.150. The summed E-state index contributed by atoms with van der Waals surface area (Å²) in [5.74, 6) is 0.150. The van der Waals surface area contributed by atoms with E-state index in [4.69, 9.17) is 0 Å². The molecular formula is C17H20N2O. The summed E-state index contributed by atoms with van der Waals surface area (Å²) in [6, 6.07) is 12.4. The molecule has 1 aromatic heterocycles. The normalized spacial score (nSPS) is 14.3. The number of hydrogen-bond donors (Lipinski definition) is 0. The molecule has 1 saturated carbocycles. The topological polar surface area (TPSA) is 25.2 Å². The molecule has 3 nitrogen and oxygen atoms in total. The molecule has 3 rings (SSSR count). The maximum atomic E-state index is 12.7. The third-order valence-corrected chi connectivity index (χ3v) is 3.90. The highest BCUT2D eigenvalue weighted by Crippen LogP contribution is 2.30. The molecule has 2 aromatic rings. The molecule has 1 aliphatic carbocycles. The lowest BCUT2D eigenvalue weighted by Crippen LogP contribution is -2.33. The first kappa shape index (κ1) is 13.0. The Morgan fingerprint density at radius 1 is 1.30 bits per heavy atom. The molecule has 0 saturated heterocycles. The summed E-state index contributed by atoms with van der Waals surface area (Å²) < 4.78 is 2.08. The van der Waals surface area contributed by atoms with Crippen molar-refractivity contribution in [3.05, 3.63) is 59.4 Å². The fourth-order valence-electron chi connectivity index (χ4n) is 2.53. The van der Waals surface area contributed by atoms with Crippen molar-refractivity contribution >= 4 is 5.91 Å². The lowest BCUT2D eigenvalue weighted by Gasteiger charge is -2.23. The fourth-order valence-corrected chi connectivity index (χ4v) is 2.53. The second-order valence-electron chi connectivity index (χ2n) is 5.64. The maximum Gasteiger partial charge on any atom is 0.254 e. The van der Waals surface area contributed by atoms with Crippen LogP contribution in [0.3, 0.4) is 0 Å². The van der Waals surface area contributed by atoms with Gasteiger partial charge in [0.15, 0.2) is 0 Å². The van der Waals surface area contributed by atoms with Crippen LogP contribution in [0.4, 0.5) is 0 Å². The number of rotatable bonds is 4. The smallest absolute Gasteiger partial charge is 0.254 e. The highest BCUT2D eigenvalue weighted by molar-refractivity contribution is 5.94. The van der Waals surface area contributed by atoms with Gasteiger partial charge in [-0.15, -0.1) is 0 Å². The van der Waals surface area contributed by atoms with Crippen LogP contribution < -0.4 is 0 Å². The Morgan fingerprint density at radius 3 is 2.70 bits per heavy atom. The van der Waals surface area contributed by atoms with Gasteiger partial charge in [-0.1, -0.05) is 17.7 Å². The summed E-state index contributed by atoms with van der Waals surface area (Å²) >= 11 is 0. The molecule has 0 bridgehead atoms. The van der Waals surface area contributed by atoms with Crippen LogP contribution >= 0.6 is 0 Å². The van der Waals surface area contributed by atoms with Crippen LogP contribution in [0.5, 0.6) is 0 Å². The highest BCUT2D eigenvalue weighted by atomic mass is 16.2. The third-order valence-electron chi connectivity index (χ3n) is 3.90. The van der Waals surface area contributed by atoms with Gasteiger partial charge >= 0.3 is 0 Å². The molecule has 0 aliphatic heterocycles. The van der Waals surface area contributed by atoms with E-state index in [1.165, 1.54) is 5.69 Å². The van der Waals surface area contributed by atoms with E-state index in [-0.39, 0.29) is 5.91 Å². The summed E-state index contributed by atoms with van der Waals surface area (Å²) in [5.41, 5.74) is 3.11. The number of aromatic nitrogens is 1. The van der Waals surface area contributed by atoms with Crippen molar-refractivity contribution in [1.82, 2.24) is 9.47 Å². The van der Waals surface area contributed by atoms with Crippen molar-refractivity contribution in [3.63, 3.8) is 0 Å². The zero-order chi connectivity index (χ0) is 14.1. The Hall–Kier alpha value is -2.03. The van der Waals surface area contributed by atoms with Gasteiger partial charge in [0.25, 0.3) is 5.91 Å². The zero-order valence-electron chi connectivity index (χ0n) is 12.0. The van der Waals surface area contributed by atoms with E-state index < -0.39 is 0 Å². The minimum Gasteiger partial charge on any atom is -0.353 e. The van der Waals surface area contributed by atoms with Crippen LogP contribution in [0.25, 0.3) is 0 Å². The quantitative estimate of drug-likeness (QED) is 0.836. The Morgan fingerprint density at radius 2 is 2.10 bits per heavy atom. The molecule has 1 aliphatic rings. The first-order chi connectivity index (χ1) is 9.65. The van der Waals surface area contributed by atoms with Crippen molar-refractivity contribution in [2.24, 2.45) is 7.05 Å². The molecule has 0 spiro atoms. The van der Waals surface area contributed by atoms with Gasteiger partial charge in [-0.2, -0.15) is 0 Å². The van der Waals surface area contributed by atoms with Crippen molar-refractivity contribution in [1.29, 1.82) is 0 Å². The maximum absolute atomic E-state index is 12.7. The average Bonchev–Trinajstić information content (AvgIpc) is 3.19. The van der Waals surface area contributed by atoms with Crippen LogP contribution in [0.15, 0.2) is 42.6 Å². The minimum atomic E-state index is 0.150. The fraction of sp³-hybridized carbons (Fsp3) is 0.353. The summed E-state index contributed by atoms with van der Waals surface area (Å²) in [4.78, 5) is 14.8. The van der Waals surface area contributed by atoms with Crippen molar-refractivity contribution in [3.8, 4) is 0 Å². The number of carbonyl (C=O) groups excluding carboxylic acids is 1. The predicted octanol–water partition coefficient (Wildman–Crippen LogP) is 3.14. The second-order valence-corrected chi connectivity index (χ2v) is 5.64. The first-order valence-corrected chi connectivity index (χ1v) is 7.13. The molecule has 1 aromatic carbocycles. The molecule has 1 fully saturated rings. The number of amides is 1. The van der Waals surface area contributed by atoms with E-state index in [1.807, 2.05) is 55.4 Å². The number of aryl methyl sites for hydroxylation is 2. The summed E-state index contributed by atoms with van der Waals surface area (Å²) in [7, 11) is 2.03. The SMILES string of the molecule is Cc1cccc(C(=O)N(Cc2cccn2C)C2CC2)c1. The van der Waals surface area contributed by atoms with Gasteiger partial charge in [0.1, 0.15) is 0 Å². The molecule has 0 N–H and O–H groups in total. The highest BCUT2D eigenvalue weighted by Gasteiger charge is 2.33. The van der Waals surface area contributed by atoms with Gasteiger partial charge < -0.3 is 9.47 Å². The Kier molecular flexibility index (Phi) is 3.35. The summed E-state index contributed by atoms with van der Waals surface area (Å²) in [5, 5.41) is 0. The third kappa shape index (κ3) is 2.62. The van der Waals surface area contributed by atoms with Crippen LogP contribution in [0, 0.1) is 6.92 Å². The van der Waals surface area contributed by atoms with Gasteiger partial charge in [-0.3, -0.25) is 4.79 Å². The molecule has 1 heterocycles. The standard InChI is InChI=1S/C17H20N2O/c1-13-5-3-6-14(11-13)17(20)19(15-8-9-15)12-16-7-4-10-18(16)2/h3-7,10-11,15H,8-9,12H2,1-2H3. The molecule has 104 valence electrons. The second kappa shape index (κ2) is 5.16. The van der Waals surface area contributed by atoms with Crippen LogP contribution in [-0.4, -0.2) is 21.4 Å². The van der Waals surface area contributed by atoms with Gasteiger partial charge in [0.05, 0.1) is 6.54 Å². The van der Waals surface area contributed by atoms with E-state index in [1.54, 1.807) is 0 Å². The van der Waals surface area contributed by atoms with Gasteiger partial charge in [-0.25, -0.2) is 0 Å². The van der Waals surface area contributed by atoms with Crippen molar-refractivity contribution in [2.45, 2.75) is 32.4 Å². The van der Waals surface area contributed by atoms with E-state index in [9.17, 15) is 4.79 Å². The number of hydrogen-bond acceptors (Lipinski definition) is 1. The zero-order valence-corrected chi connectivity index (χ0v) is 12.0.